The Morgan fingerprint density at radius 2 is 1.96 bits per heavy atom. The lowest BCUT2D eigenvalue weighted by molar-refractivity contribution is 0.0739. The number of halogens is 2. The molecule has 0 N–H and O–H groups in total. The van der Waals surface area contributed by atoms with Crippen LogP contribution in [-0.4, -0.2) is 22.3 Å². The third-order valence-electron chi connectivity index (χ3n) is 3.56. The van der Waals surface area contributed by atoms with Crippen LogP contribution in [0.25, 0.3) is 0 Å². The van der Waals surface area contributed by atoms with Crippen LogP contribution in [0, 0.1) is 5.82 Å². The molecular formula is C18H20BrFN2O. The van der Waals surface area contributed by atoms with Gasteiger partial charge in [-0.25, -0.2) is 4.39 Å². The van der Waals surface area contributed by atoms with Crippen molar-refractivity contribution < 1.29 is 9.18 Å². The molecule has 0 aliphatic carbocycles. The topological polar surface area (TPSA) is 33.2 Å². The lowest BCUT2D eigenvalue weighted by atomic mass is 10.1. The minimum atomic E-state index is -0.270. The van der Waals surface area contributed by atoms with E-state index < -0.39 is 0 Å². The van der Waals surface area contributed by atoms with E-state index in [1.807, 2.05) is 0 Å². The van der Waals surface area contributed by atoms with Gasteiger partial charge in [0.2, 0.25) is 0 Å². The van der Waals surface area contributed by atoms with Crippen molar-refractivity contribution in [3.05, 3.63) is 64.1 Å². The molecule has 1 amide bonds. The second-order valence-corrected chi connectivity index (χ2v) is 6.37. The zero-order chi connectivity index (χ0) is 16.7. The van der Waals surface area contributed by atoms with Crippen LogP contribution in [0.3, 0.4) is 0 Å². The fourth-order valence-corrected chi connectivity index (χ4v) is 2.69. The largest absolute Gasteiger partial charge is 0.334 e. The molecule has 1 aromatic heterocycles. The van der Waals surface area contributed by atoms with E-state index in [4.69, 9.17) is 0 Å². The van der Waals surface area contributed by atoms with Gasteiger partial charge < -0.3 is 4.90 Å². The molecule has 23 heavy (non-hydrogen) atoms. The Labute approximate surface area is 144 Å². The zero-order valence-electron chi connectivity index (χ0n) is 13.1. The maximum Gasteiger partial charge on any atom is 0.255 e. The maximum atomic E-state index is 13.0. The molecule has 0 aliphatic rings. The lowest BCUT2D eigenvalue weighted by Gasteiger charge is -2.23. The van der Waals surface area contributed by atoms with Gasteiger partial charge in [0.05, 0.1) is 5.56 Å². The van der Waals surface area contributed by atoms with Crippen LogP contribution < -0.4 is 0 Å². The van der Waals surface area contributed by atoms with Crippen LogP contribution in [0.2, 0.25) is 0 Å². The van der Waals surface area contributed by atoms with Crippen LogP contribution in [0.4, 0.5) is 4.39 Å². The van der Waals surface area contributed by atoms with Gasteiger partial charge in [0.1, 0.15) is 5.82 Å². The second-order valence-electron chi connectivity index (χ2n) is 5.45. The first-order valence-corrected chi connectivity index (χ1v) is 8.53. The van der Waals surface area contributed by atoms with E-state index in [0.29, 0.717) is 18.7 Å². The fourth-order valence-electron chi connectivity index (χ4n) is 2.33. The number of benzene rings is 1. The van der Waals surface area contributed by atoms with Crippen LogP contribution in [0.1, 0.15) is 42.1 Å². The number of carbonyl (C=O) groups excluding carboxylic acids is 1. The number of carbonyl (C=O) groups is 1. The molecule has 1 aromatic carbocycles. The summed E-state index contributed by atoms with van der Waals surface area (Å²) in [7, 11) is 0. The van der Waals surface area contributed by atoms with Gasteiger partial charge >= 0.3 is 0 Å². The van der Waals surface area contributed by atoms with Crippen LogP contribution in [-0.2, 0) is 6.54 Å². The Balaban J connectivity index is 2.15. The highest BCUT2D eigenvalue weighted by atomic mass is 79.9. The molecule has 0 fully saturated rings. The highest BCUT2D eigenvalue weighted by molar-refractivity contribution is 9.10. The highest BCUT2D eigenvalue weighted by Crippen LogP contribution is 2.15. The van der Waals surface area contributed by atoms with E-state index in [2.05, 4.69) is 27.8 Å². The molecule has 2 aromatic rings. The number of nitrogens with zero attached hydrogens (tertiary/aromatic N) is 2. The van der Waals surface area contributed by atoms with E-state index in [9.17, 15) is 9.18 Å². The van der Waals surface area contributed by atoms with Crippen LogP contribution in [0.15, 0.2) is 47.2 Å². The van der Waals surface area contributed by atoms with Gasteiger partial charge in [0.25, 0.3) is 5.91 Å². The molecule has 0 saturated carbocycles. The minimum Gasteiger partial charge on any atom is -0.334 e. The third-order valence-corrected chi connectivity index (χ3v) is 3.99. The smallest absolute Gasteiger partial charge is 0.255 e. The molecule has 0 radical (unpaired) electrons. The second kappa shape index (κ2) is 8.77. The number of aromatic nitrogens is 1. The standard InChI is InChI=1S/C18H20BrFN2O/c1-2-3-4-9-22(13-14-5-7-17(20)8-6-14)18(23)15-10-16(19)12-21-11-15/h5-8,10-12H,2-4,9,13H2,1H3. The van der Waals surface area contributed by atoms with E-state index in [0.717, 1.165) is 29.3 Å². The van der Waals surface area contributed by atoms with Crippen LogP contribution in [0.5, 0.6) is 0 Å². The van der Waals surface area contributed by atoms with Crippen molar-refractivity contribution in [3.8, 4) is 0 Å². The lowest BCUT2D eigenvalue weighted by Crippen LogP contribution is -2.31. The van der Waals surface area contributed by atoms with Crippen molar-refractivity contribution in [3.63, 3.8) is 0 Å². The number of amides is 1. The van der Waals surface area contributed by atoms with Crippen molar-refractivity contribution in [2.24, 2.45) is 0 Å². The average Bonchev–Trinajstić information content (AvgIpc) is 2.55. The predicted octanol–water partition coefficient (Wildman–Crippen LogP) is 4.82. The summed E-state index contributed by atoms with van der Waals surface area (Å²) in [6.45, 7) is 3.27. The molecule has 0 saturated heterocycles. The molecule has 5 heteroatoms. The predicted molar refractivity (Wildman–Crippen MR) is 92.6 cm³/mol. The molecule has 2 rings (SSSR count). The monoisotopic (exact) mass is 378 g/mol. The molecule has 122 valence electrons. The number of hydrogen-bond acceptors (Lipinski definition) is 2. The molecule has 1 heterocycles. The number of rotatable bonds is 7. The van der Waals surface area contributed by atoms with Gasteiger partial charge in [-0.3, -0.25) is 9.78 Å². The summed E-state index contributed by atoms with van der Waals surface area (Å²) < 4.78 is 13.8. The molecule has 0 aliphatic heterocycles. The van der Waals surface area contributed by atoms with E-state index >= 15 is 0 Å². The number of unbranched alkanes of at least 4 members (excludes halogenated alkanes) is 2. The van der Waals surface area contributed by atoms with Gasteiger partial charge in [0, 0.05) is 30.0 Å². The Bertz CT molecular complexity index is 646. The summed E-state index contributed by atoms with van der Waals surface area (Å²) in [6.07, 6.45) is 6.34. The first-order valence-electron chi connectivity index (χ1n) is 7.74. The quantitative estimate of drug-likeness (QED) is 0.647. The molecule has 0 spiro atoms. The average molecular weight is 379 g/mol. The SMILES string of the molecule is CCCCCN(Cc1ccc(F)cc1)C(=O)c1cncc(Br)c1. The first kappa shape index (κ1) is 17.6. The Kier molecular flexibility index (Phi) is 6.71. The minimum absolute atomic E-state index is 0.0563. The van der Waals surface area contributed by atoms with Crippen molar-refractivity contribution in [2.75, 3.05) is 6.54 Å². The summed E-state index contributed by atoms with van der Waals surface area (Å²) in [5.74, 6) is -0.326. The van der Waals surface area contributed by atoms with E-state index in [-0.39, 0.29) is 11.7 Å². The summed E-state index contributed by atoms with van der Waals surface area (Å²) in [4.78, 5) is 18.6. The first-order chi connectivity index (χ1) is 11.1. The van der Waals surface area contributed by atoms with Gasteiger partial charge in [-0.15, -0.1) is 0 Å². The molecule has 0 bridgehead atoms. The Hall–Kier alpha value is -1.75. The van der Waals surface area contributed by atoms with Gasteiger partial charge in [0.15, 0.2) is 0 Å². The molecular weight excluding hydrogens is 359 g/mol. The van der Waals surface area contributed by atoms with E-state index in [1.165, 1.54) is 12.1 Å². The Morgan fingerprint density at radius 3 is 2.61 bits per heavy atom. The van der Waals surface area contributed by atoms with Crippen LogP contribution >= 0.6 is 15.9 Å². The van der Waals surface area contributed by atoms with Gasteiger partial charge in [-0.05, 0) is 46.1 Å². The Morgan fingerprint density at radius 1 is 1.22 bits per heavy atom. The molecule has 0 unspecified atom stereocenters. The van der Waals surface area contributed by atoms with Crippen molar-refractivity contribution in [1.29, 1.82) is 0 Å². The van der Waals surface area contributed by atoms with Crippen molar-refractivity contribution in [1.82, 2.24) is 9.88 Å². The highest BCUT2D eigenvalue weighted by Gasteiger charge is 2.16. The third kappa shape index (κ3) is 5.43. The summed E-state index contributed by atoms with van der Waals surface area (Å²) in [5, 5.41) is 0. The summed E-state index contributed by atoms with van der Waals surface area (Å²) >= 11 is 3.34. The summed E-state index contributed by atoms with van der Waals surface area (Å²) in [5.41, 5.74) is 1.47. The number of pyridine rings is 1. The summed E-state index contributed by atoms with van der Waals surface area (Å²) in [6, 6.07) is 8.05. The van der Waals surface area contributed by atoms with Gasteiger partial charge in [-0.2, -0.15) is 0 Å². The maximum absolute atomic E-state index is 13.0. The number of hydrogen-bond donors (Lipinski definition) is 0. The van der Waals surface area contributed by atoms with Gasteiger partial charge in [-0.1, -0.05) is 31.9 Å². The fraction of sp³-hybridized carbons (Fsp3) is 0.333. The van der Waals surface area contributed by atoms with E-state index in [1.54, 1.807) is 35.5 Å². The normalized spacial score (nSPS) is 10.6. The van der Waals surface area contributed by atoms with Crippen molar-refractivity contribution in [2.45, 2.75) is 32.7 Å². The molecule has 3 nitrogen and oxygen atoms in total. The van der Waals surface area contributed by atoms with Crippen molar-refractivity contribution >= 4 is 21.8 Å². The zero-order valence-corrected chi connectivity index (χ0v) is 14.7. The molecule has 0 atom stereocenters.